The Morgan fingerprint density at radius 3 is 2.55 bits per heavy atom. The number of hydrogen-bond acceptors (Lipinski definition) is 10. The molecular formula is C27H31N5O8. The Balaban J connectivity index is 1.72. The van der Waals surface area contributed by atoms with Gasteiger partial charge >= 0.3 is 11.9 Å². The molecule has 0 saturated carbocycles. The number of carbonyl (C=O) groups excluding carboxylic acids is 4. The molecule has 212 valence electrons. The monoisotopic (exact) mass is 553 g/mol. The summed E-state index contributed by atoms with van der Waals surface area (Å²) in [6.07, 6.45) is 2.32. The van der Waals surface area contributed by atoms with Crippen molar-refractivity contribution >= 4 is 29.6 Å². The van der Waals surface area contributed by atoms with Crippen LogP contribution in [-0.4, -0.2) is 62.7 Å². The molecule has 0 spiro atoms. The van der Waals surface area contributed by atoms with Gasteiger partial charge in [-0.1, -0.05) is 20.8 Å². The Bertz CT molecular complexity index is 1420. The number of aromatic nitrogens is 3. The summed E-state index contributed by atoms with van der Waals surface area (Å²) in [5, 5.41) is 15.9. The average Bonchev–Trinajstić information content (AvgIpc) is 3.53. The van der Waals surface area contributed by atoms with Crippen molar-refractivity contribution in [3.8, 4) is 29.2 Å². The van der Waals surface area contributed by atoms with Crippen LogP contribution < -0.4 is 10.6 Å². The number of anilines is 1. The van der Waals surface area contributed by atoms with Crippen molar-refractivity contribution < 1.29 is 38.2 Å². The van der Waals surface area contributed by atoms with Gasteiger partial charge in [-0.3, -0.25) is 14.4 Å². The van der Waals surface area contributed by atoms with E-state index in [0.717, 1.165) is 10.8 Å². The average molecular weight is 554 g/mol. The molecule has 0 aliphatic carbocycles. The zero-order chi connectivity index (χ0) is 29.4. The molecule has 3 N–H and O–H groups in total. The standard InChI is InChI=1S/C27H31N5O8/c1-6-38-21(33)9-8-19(25(36)39-7-2)29-23(34)16-12-17(40-14-16)10-11-32-15-28-22-18(24(32)35)13-20(30-22)31-26(37)27(3,4)5/h12-15,19,35H,6-9H2,1-5H3,(H,29,34)(H,31,37)/t19-/m0/s1. The van der Waals surface area contributed by atoms with E-state index < -0.39 is 29.3 Å². The maximum Gasteiger partial charge on any atom is 0.328 e. The van der Waals surface area contributed by atoms with Crippen LogP contribution in [0.4, 0.5) is 5.82 Å². The van der Waals surface area contributed by atoms with Crippen molar-refractivity contribution in [1.82, 2.24) is 19.9 Å². The Morgan fingerprint density at radius 1 is 1.15 bits per heavy atom. The molecule has 0 bridgehead atoms. The van der Waals surface area contributed by atoms with Gasteiger partial charge in [0.1, 0.15) is 24.5 Å². The number of fused-ring (bicyclic) bond motifs is 1. The molecule has 0 aromatic carbocycles. The topological polar surface area (TPSA) is 175 Å². The molecule has 13 nitrogen and oxygen atoms in total. The van der Waals surface area contributed by atoms with Crippen molar-refractivity contribution in [3.63, 3.8) is 0 Å². The van der Waals surface area contributed by atoms with E-state index in [1.165, 1.54) is 18.5 Å². The summed E-state index contributed by atoms with van der Waals surface area (Å²) in [6, 6.07) is 4.42. The molecule has 40 heavy (non-hydrogen) atoms. The summed E-state index contributed by atoms with van der Waals surface area (Å²) in [6.45, 7) is 8.89. The molecule has 0 radical (unpaired) electrons. The van der Waals surface area contributed by atoms with E-state index >= 15 is 0 Å². The smallest absolute Gasteiger partial charge is 0.328 e. The summed E-state index contributed by atoms with van der Waals surface area (Å²) in [7, 11) is 0. The summed E-state index contributed by atoms with van der Waals surface area (Å²) < 4.78 is 16.3. The molecule has 3 rings (SSSR count). The maximum atomic E-state index is 12.7. The van der Waals surface area contributed by atoms with Gasteiger partial charge in [0.25, 0.3) is 5.91 Å². The maximum absolute atomic E-state index is 12.7. The molecule has 1 aromatic heterocycles. The Labute approximate surface area is 230 Å². The minimum absolute atomic E-state index is 0.00248. The molecule has 0 fully saturated rings. The Hall–Kier alpha value is -4.86. The van der Waals surface area contributed by atoms with Gasteiger partial charge in [-0.15, -0.1) is 0 Å². The molecular weight excluding hydrogens is 522 g/mol. The lowest BCUT2D eigenvalue weighted by molar-refractivity contribution is -0.146. The zero-order valence-corrected chi connectivity index (χ0v) is 22.9. The molecule has 0 unspecified atom stereocenters. The number of aromatic hydroxyl groups is 1. The van der Waals surface area contributed by atoms with Gasteiger partial charge < -0.3 is 29.6 Å². The largest absolute Gasteiger partial charge is 0.493 e. The molecule has 3 heterocycles. The third kappa shape index (κ3) is 7.59. The van der Waals surface area contributed by atoms with E-state index in [2.05, 4.69) is 32.6 Å². The van der Waals surface area contributed by atoms with Gasteiger partial charge in [-0.2, -0.15) is 0 Å². The highest BCUT2D eigenvalue weighted by Crippen LogP contribution is 2.31. The zero-order valence-electron chi connectivity index (χ0n) is 22.9. The van der Waals surface area contributed by atoms with Gasteiger partial charge in [0.2, 0.25) is 11.8 Å². The molecule has 1 aromatic rings. The third-order valence-corrected chi connectivity index (χ3v) is 5.42. The number of esters is 2. The lowest BCUT2D eigenvalue weighted by atomic mass is 9.96. The van der Waals surface area contributed by atoms with E-state index in [0.29, 0.717) is 0 Å². The highest BCUT2D eigenvalue weighted by Gasteiger charge is 2.26. The summed E-state index contributed by atoms with van der Waals surface area (Å²) in [4.78, 5) is 57.3. The van der Waals surface area contributed by atoms with Crippen LogP contribution >= 0.6 is 0 Å². The first-order valence-electron chi connectivity index (χ1n) is 12.5. The van der Waals surface area contributed by atoms with Crippen LogP contribution in [0.1, 0.15) is 63.6 Å². The minimum Gasteiger partial charge on any atom is -0.493 e. The normalized spacial score (nSPS) is 11.7. The predicted molar refractivity (Wildman–Crippen MR) is 141 cm³/mol. The van der Waals surface area contributed by atoms with E-state index in [1.54, 1.807) is 34.6 Å². The quantitative estimate of drug-likeness (QED) is 0.264. The molecule has 1 atom stereocenters. The first-order valence-corrected chi connectivity index (χ1v) is 12.5. The lowest BCUT2D eigenvalue weighted by Gasteiger charge is -2.16. The number of furan rings is 1. The van der Waals surface area contributed by atoms with Gasteiger partial charge in [-0.05, 0) is 32.3 Å². The summed E-state index contributed by atoms with van der Waals surface area (Å²) in [5.74, 6) is 0.917. The van der Waals surface area contributed by atoms with Crippen LogP contribution in [0, 0.1) is 17.4 Å². The van der Waals surface area contributed by atoms with Gasteiger partial charge in [0, 0.05) is 23.9 Å². The van der Waals surface area contributed by atoms with Crippen molar-refractivity contribution in [3.05, 3.63) is 36.0 Å². The molecule has 0 saturated heterocycles. The molecule has 2 aliphatic heterocycles. The molecule has 2 amide bonds. The number of rotatable bonds is 9. The second-order valence-electron chi connectivity index (χ2n) is 9.58. The highest BCUT2D eigenvalue weighted by atomic mass is 16.5. The predicted octanol–water partition coefficient (Wildman–Crippen LogP) is 2.53. The number of amides is 2. The molecule has 2 aliphatic rings. The van der Waals surface area contributed by atoms with E-state index in [9.17, 15) is 24.3 Å². The number of hydrogen-bond donors (Lipinski definition) is 3. The Kier molecular flexibility index (Phi) is 9.50. The van der Waals surface area contributed by atoms with Crippen molar-refractivity contribution in [2.75, 3.05) is 18.5 Å². The fraction of sp³-hybridized carbons (Fsp3) is 0.407. The van der Waals surface area contributed by atoms with Crippen LogP contribution in [0.15, 0.2) is 29.1 Å². The second-order valence-corrected chi connectivity index (χ2v) is 9.58. The van der Waals surface area contributed by atoms with Crippen LogP contribution in [-0.2, 0) is 23.9 Å². The lowest BCUT2D eigenvalue weighted by Crippen LogP contribution is -2.42. The highest BCUT2D eigenvalue weighted by molar-refractivity contribution is 5.97. The van der Waals surface area contributed by atoms with Gasteiger partial charge in [0.15, 0.2) is 11.6 Å². The SMILES string of the molecule is CCOC(=O)CC[C@H](NC(=O)c1coc(C#Cn2cnc3nc(NC(=O)C(C)(C)C)cc-3c2O)c1)C(=O)OCC. The van der Waals surface area contributed by atoms with Gasteiger partial charge in [0.05, 0.1) is 24.3 Å². The van der Waals surface area contributed by atoms with Crippen LogP contribution in [0.2, 0.25) is 0 Å². The number of ether oxygens (including phenoxy) is 2. The first kappa shape index (κ1) is 29.7. The van der Waals surface area contributed by atoms with Crippen molar-refractivity contribution in [1.29, 1.82) is 0 Å². The van der Waals surface area contributed by atoms with E-state index in [4.69, 9.17) is 13.9 Å². The van der Waals surface area contributed by atoms with E-state index in [-0.39, 0.29) is 66.4 Å². The second kappa shape index (κ2) is 12.8. The fourth-order valence-electron chi connectivity index (χ4n) is 3.28. The third-order valence-electron chi connectivity index (χ3n) is 5.42. The number of carbonyl (C=O) groups is 4. The fourth-order valence-corrected chi connectivity index (χ4v) is 3.28. The van der Waals surface area contributed by atoms with E-state index in [1.807, 2.05) is 0 Å². The van der Waals surface area contributed by atoms with Crippen LogP contribution in [0.5, 0.6) is 5.88 Å². The van der Waals surface area contributed by atoms with Crippen LogP contribution in [0.25, 0.3) is 11.4 Å². The Morgan fingerprint density at radius 2 is 1.88 bits per heavy atom. The molecule has 13 heteroatoms. The first-order chi connectivity index (χ1) is 18.9. The number of nitrogens with zero attached hydrogens (tertiary/aromatic N) is 3. The summed E-state index contributed by atoms with van der Waals surface area (Å²) >= 11 is 0. The van der Waals surface area contributed by atoms with Crippen LogP contribution in [0.3, 0.4) is 0 Å². The van der Waals surface area contributed by atoms with Gasteiger partial charge in [-0.25, -0.2) is 19.3 Å². The van der Waals surface area contributed by atoms with Crippen molar-refractivity contribution in [2.45, 2.75) is 53.5 Å². The minimum atomic E-state index is -1.07. The number of nitrogens with one attached hydrogen (secondary N) is 2. The summed E-state index contributed by atoms with van der Waals surface area (Å²) in [5.41, 5.74) is -0.280. The van der Waals surface area contributed by atoms with Crippen molar-refractivity contribution in [2.24, 2.45) is 5.41 Å².